The largest absolute Gasteiger partial charge is 0.379 e. The third-order valence-corrected chi connectivity index (χ3v) is 3.41. The van der Waals surface area contributed by atoms with Gasteiger partial charge in [-0.1, -0.05) is 54.1 Å². The minimum atomic E-state index is -1.20. The van der Waals surface area contributed by atoms with E-state index in [1.165, 1.54) is 0 Å². The molecule has 2 nitrogen and oxygen atoms in total. The predicted octanol–water partition coefficient (Wildman–Crippen LogP) is 2.92. The summed E-state index contributed by atoms with van der Waals surface area (Å²) in [6, 6.07) is 16.1. The van der Waals surface area contributed by atoms with E-state index < -0.39 is 11.6 Å². The molecule has 2 rings (SSSR count). The van der Waals surface area contributed by atoms with Gasteiger partial charge in [-0.2, -0.15) is 0 Å². The zero-order valence-electron chi connectivity index (χ0n) is 10.2. The van der Waals surface area contributed by atoms with Crippen LogP contribution in [0, 0.1) is 0 Å². The first-order valence-electron chi connectivity index (χ1n) is 5.84. The van der Waals surface area contributed by atoms with Crippen LogP contribution in [0.5, 0.6) is 0 Å². The summed E-state index contributed by atoms with van der Waals surface area (Å²) in [6.45, 7) is 1.79. The van der Waals surface area contributed by atoms with Gasteiger partial charge in [0, 0.05) is 11.1 Å². The van der Waals surface area contributed by atoms with Gasteiger partial charge in [-0.25, -0.2) is 0 Å². The minimum Gasteiger partial charge on any atom is -0.379 e. The van der Waals surface area contributed by atoms with E-state index in [1.807, 2.05) is 30.3 Å². The Bertz CT molecular complexity index is 510. The Balaban J connectivity index is 2.54. The lowest BCUT2D eigenvalue weighted by atomic mass is 9.81. The van der Waals surface area contributed by atoms with Gasteiger partial charge in [0.15, 0.2) is 0 Å². The van der Waals surface area contributed by atoms with E-state index in [1.54, 1.807) is 31.2 Å². The van der Waals surface area contributed by atoms with Crippen LogP contribution in [0.1, 0.15) is 18.1 Å². The smallest absolute Gasteiger partial charge is 0.129 e. The molecule has 18 heavy (non-hydrogen) atoms. The lowest BCUT2D eigenvalue weighted by Gasteiger charge is -2.33. The maximum absolute atomic E-state index is 11.0. The first kappa shape index (κ1) is 13.1. The van der Waals surface area contributed by atoms with E-state index in [9.17, 15) is 5.11 Å². The summed E-state index contributed by atoms with van der Waals surface area (Å²) in [7, 11) is 0. The van der Waals surface area contributed by atoms with Gasteiger partial charge < -0.3 is 10.8 Å². The quantitative estimate of drug-likeness (QED) is 0.892. The third kappa shape index (κ3) is 2.27. The fraction of sp³-hybridized carbons (Fsp3) is 0.200. The second-order valence-electron chi connectivity index (χ2n) is 4.43. The minimum absolute atomic E-state index is 0.430. The van der Waals surface area contributed by atoms with Gasteiger partial charge in [-0.3, -0.25) is 0 Å². The molecule has 3 heteroatoms. The maximum atomic E-state index is 11.0. The zero-order valence-corrected chi connectivity index (χ0v) is 10.9. The summed E-state index contributed by atoms with van der Waals surface area (Å²) in [6.07, 6.45) is 0. The Morgan fingerprint density at radius 2 is 1.50 bits per heavy atom. The van der Waals surface area contributed by atoms with Crippen LogP contribution in [0.2, 0.25) is 5.02 Å². The van der Waals surface area contributed by atoms with Gasteiger partial charge in [-0.15, -0.1) is 0 Å². The standard InChI is InChI=1S/C15H16ClNO/c1-11(17)15(18,12-5-3-2-4-6-12)13-7-9-14(16)10-8-13/h2-11,18H,17H2,1H3. The van der Waals surface area contributed by atoms with Crippen LogP contribution in [0.4, 0.5) is 0 Å². The van der Waals surface area contributed by atoms with E-state index in [2.05, 4.69) is 0 Å². The number of benzene rings is 2. The Hall–Kier alpha value is -1.35. The van der Waals surface area contributed by atoms with Crippen molar-refractivity contribution in [2.45, 2.75) is 18.6 Å². The highest BCUT2D eigenvalue weighted by atomic mass is 35.5. The van der Waals surface area contributed by atoms with Crippen LogP contribution in [0.3, 0.4) is 0 Å². The van der Waals surface area contributed by atoms with Gasteiger partial charge in [-0.05, 0) is 30.2 Å². The number of rotatable bonds is 3. The van der Waals surface area contributed by atoms with Crippen molar-refractivity contribution < 1.29 is 5.11 Å². The van der Waals surface area contributed by atoms with Gasteiger partial charge in [0.05, 0.1) is 0 Å². The highest BCUT2D eigenvalue weighted by Crippen LogP contribution is 2.32. The average Bonchev–Trinajstić information content (AvgIpc) is 2.39. The second kappa shape index (κ2) is 5.11. The predicted molar refractivity (Wildman–Crippen MR) is 74.5 cm³/mol. The molecule has 0 aliphatic carbocycles. The number of halogens is 1. The lowest BCUT2D eigenvalue weighted by Crippen LogP contribution is -2.44. The molecule has 0 radical (unpaired) electrons. The Morgan fingerprint density at radius 1 is 1.00 bits per heavy atom. The van der Waals surface area contributed by atoms with Gasteiger partial charge >= 0.3 is 0 Å². The van der Waals surface area contributed by atoms with Crippen LogP contribution in [-0.4, -0.2) is 11.1 Å². The molecule has 0 saturated carbocycles. The molecule has 0 saturated heterocycles. The van der Waals surface area contributed by atoms with Crippen molar-refractivity contribution >= 4 is 11.6 Å². The summed E-state index contributed by atoms with van der Waals surface area (Å²) < 4.78 is 0. The molecule has 2 aromatic rings. The Labute approximate surface area is 112 Å². The summed E-state index contributed by atoms with van der Waals surface area (Å²) >= 11 is 5.87. The van der Waals surface area contributed by atoms with Crippen molar-refractivity contribution in [3.63, 3.8) is 0 Å². The molecular weight excluding hydrogens is 246 g/mol. The van der Waals surface area contributed by atoms with Crippen molar-refractivity contribution in [3.8, 4) is 0 Å². The molecule has 3 N–H and O–H groups in total. The molecule has 0 aliphatic heterocycles. The average molecular weight is 262 g/mol. The number of nitrogens with two attached hydrogens (primary N) is 1. The van der Waals surface area contributed by atoms with Crippen LogP contribution < -0.4 is 5.73 Å². The Morgan fingerprint density at radius 3 is 2.00 bits per heavy atom. The SMILES string of the molecule is CC(N)C(O)(c1ccccc1)c1ccc(Cl)cc1. The normalized spacial score (nSPS) is 16.0. The van der Waals surface area contributed by atoms with Crippen molar-refractivity contribution in [1.29, 1.82) is 0 Å². The lowest BCUT2D eigenvalue weighted by molar-refractivity contribution is 0.0579. The van der Waals surface area contributed by atoms with Gasteiger partial charge in [0.25, 0.3) is 0 Å². The summed E-state index contributed by atoms with van der Waals surface area (Å²) in [5, 5.41) is 11.6. The molecule has 0 spiro atoms. The molecule has 94 valence electrons. The first-order valence-corrected chi connectivity index (χ1v) is 6.22. The van der Waals surface area contributed by atoms with Crippen molar-refractivity contribution in [2.75, 3.05) is 0 Å². The Kier molecular flexibility index (Phi) is 3.71. The van der Waals surface area contributed by atoms with E-state index in [-0.39, 0.29) is 0 Å². The van der Waals surface area contributed by atoms with Gasteiger partial charge in [0.1, 0.15) is 5.60 Å². The monoisotopic (exact) mass is 261 g/mol. The topological polar surface area (TPSA) is 46.2 Å². The molecular formula is C15H16ClNO. The van der Waals surface area contributed by atoms with Crippen molar-refractivity contribution in [2.24, 2.45) is 5.73 Å². The summed E-state index contributed by atoms with van der Waals surface area (Å²) in [5.41, 5.74) is 6.31. The molecule has 2 atom stereocenters. The number of hydrogen-bond acceptors (Lipinski definition) is 2. The van der Waals surface area contributed by atoms with Crippen LogP contribution in [0.25, 0.3) is 0 Å². The fourth-order valence-corrected chi connectivity index (χ4v) is 2.21. The van der Waals surface area contributed by atoms with E-state index in [0.29, 0.717) is 5.02 Å². The van der Waals surface area contributed by atoms with Crippen molar-refractivity contribution in [3.05, 3.63) is 70.7 Å². The molecule has 2 unspecified atom stereocenters. The van der Waals surface area contributed by atoms with Crippen LogP contribution in [0.15, 0.2) is 54.6 Å². The summed E-state index contributed by atoms with van der Waals surface area (Å²) in [4.78, 5) is 0. The molecule has 0 bridgehead atoms. The molecule has 0 amide bonds. The van der Waals surface area contributed by atoms with E-state index in [4.69, 9.17) is 17.3 Å². The first-order chi connectivity index (χ1) is 8.55. The summed E-state index contributed by atoms with van der Waals surface area (Å²) in [5.74, 6) is 0. The van der Waals surface area contributed by atoms with Crippen LogP contribution >= 0.6 is 11.6 Å². The maximum Gasteiger partial charge on any atom is 0.129 e. The fourth-order valence-electron chi connectivity index (χ4n) is 2.09. The highest BCUT2D eigenvalue weighted by molar-refractivity contribution is 6.30. The molecule has 0 aliphatic rings. The van der Waals surface area contributed by atoms with Crippen LogP contribution in [-0.2, 0) is 5.60 Å². The third-order valence-electron chi connectivity index (χ3n) is 3.16. The van der Waals surface area contributed by atoms with Gasteiger partial charge in [0.2, 0.25) is 0 Å². The van der Waals surface area contributed by atoms with Crippen molar-refractivity contribution in [1.82, 2.24) is 0 Å². The molecule has 0 fully saturated rings. The second-order valence-corrected chi connectivity index (χ2v) is 4.86. The molecule has 2 aromatic carbocycles. The number of aliphatic hydroxyl groups is 1. The zero-order chi connectivity index (χ0) is 13.2. The number of hydrogen-bond donors (Lipinski definition) is 2. The highest BCUT2D eigenvalue weighted by Gasteiger charge is 2.35. The van der Waals surface area contributed by atoms with E-state index in [0.717, 1.165) is 11.1 Å². The molecule has 0 aromatic heterocycles. The van der Waals surface area contributed by atoms with E-state index >= 15 is 0 Å². The molecule has 0 heterocycles.